The number of hydrogen-bond donors (Lipinski definition) is 0. The lowest BCUT2D eigenvalue weighted by Crippen LogP contribution is -2.30. The van der Waals surface area contributed by atoms with Crippen LogP contribution < -0.4 is 0 Å². The van der Waals surface area contributed by atoms with Gasteiger partial charge in [0, 0.05) is 19.3 Å². The van der Waals surface area contributed by atoms with Gasteiger partial charge in [-0.1, -0.05) is 232 Å². The molecule has 0 aliphatic heterocycles. The fourth-order valence-corrected chi connectivity index (χ4v) is 6.34. The van der Waals surface area contributed by atoms with Gasteiger partial charge in [0.1, 0.15) is 13.2 Å². The summed E-state index contributed by atoms with van der Waals surface area (Å²) >= 11 is 0. The third-order valence-electron chi connectivity index (χ3n) is 10.1. The monoisotopic (exact) mass is 871 g/mol. The molecule has 0 spiro atoms. The minimum Gasteiger partial charge on any atom is -0.462 e. The number of rotatable bonds is 43. The Morgan fingerprint density at radius 1 is 0.349 bits per heavy atom. The molecular formula is C57H90O6. The van der Waals surface area contributed by atoms with Gasteiger partial charge in [-0.2, -0.15) is 0 Å². The highest BCUT2D eigenvalue weighted by Crippen LogP contribution is 2.13. The molecule has 0 radical (unpaired) electrons. The van der Waals surface area contributed by atoms with Crippen LogP contribution in [-0.2, 0) is 28.6 Å². The lowest BCUT2D eigenvalue weighted by molar-refractivity contribution is -0.166. The SMILES string of the molecule is CC/C=C\C/C=C\C/C=C\C/C=C\C/C=C\CCC(=O)OC(COC(=O)CCCCCCC\C=C/C=C\C=C/C=C\C=C/CCC)COC(=O)CCCCCCCCCCCCC. The first-order chi connectivity index (χ1) is 31.0. The van der Waals surface area contributed by atoms with Gasteiger partial charge in [0.2, 0.25) is 0 Å². The molecule has 6 nitrogen and oxygen atoms in total. The van der Waals surface area contributed by atoms with Gasteiger partial charge < -0.3 is 14.2 Å². The highest BCUT2D eigenvalue weighted by molar-refractivity contribution is 5.71. The van der Waals surface area contributed by atoms with Crippen molar-refractivity contribution >= 4 is 17.9 Å². The lowest BCUT2D eigenvalue weighted by Gasteiger charge is -2.18. The Bertz CT molecular complexity index is 1370. The molecule has 354 valence electrons. The number of carbonyl (C=O) groups is 3. The number of hydrogen-bond acceptors (Lipinski definition) is 6. The maximum Gasteiger partial charge on any atom is 0.306 e. The second-order valence-electron chi connectivity index (χ2n) is 16.1. The largest absolute Gasteiger partial charge is 0.462 e. The Balaban J connectivity index is 4.56. The Morgan fingerprint density at radius 3 is 1.21 bits per heavy atom. The smallest absolute Gasteiger partial charge is 0.306 e. The van der Waals surface area contributed by atoms with E-state index in [2.05, 4.69) is 93.7 Å². The van der Waals surface area contributed by atoms with Gasteiger partial charge in [0.15, 0.2) is 6.10 Å². The van der Waals surface area contributed by atoms with Crippen molar-refractivity contribution in [2.24, 2.45) is 0 Å². The van der Waals surface area contributed by atoms with E-state index in [1.807, 2.05) is 48.6 Å². The van der Waals surface area contributed by atoms with Crippen molar-refractivity contribution in [1.29, 1.82) is 0 Å². The van der Waals surface area contributed by atoms with Crippen molar-refractivity contribution in [3.63, 3.8) is 0 Å². The number of ether oxygens (including phenoxy) is 3. The van der Waals surface area contributed by atoms with Crippen molar-refractivity contribution in [1.82, 2.24) is 0 Å². The van der Waals surface area contributed by atoms with Gasteiger partial charge in [-0.3, -0.25) is 14.4 Å². The average Bonchev–Trinajstić information content (AvgIpc) is 3.28. The van der Waals surface area contributed by atoms with E-state index >= 15 is 0 Å². The topological polar surface area (TPSA) is 78.9 Å². The number of allylic oxidation sites excluding steroid dienone is 20. The Hall–Kier alpha value is -4.19. The summed E-state index contributed by atoms with van der Waals surface area (Å²) in [7, 11) is 0. The second kappa shape index (κ2) is 50.5. The summed E-state index contributed by atoms with van der Waals surface area (Å²) in [5.41, 5.74) is 0. The molecule has 1 unspecified atom stereocenters. The van der Waals surface area contributed by atoms with Crippen LogP contribution in [0.15, 0.2) is 122 Å². The van der Waals surface area contributed by atoms with Crippen LogP contribution >= 0.6 is 0 Å². The van der Waals surface area contributed by atoms with E-state index in [-0.39, 0.29) is 31.6 Å². The van der Waals surface area contributed by atoms with Crippen LogP contribution in [0, 0.1) is 0 Å². The summed E-state index contributed by atoms with van der Waals surface area (Å²) in [5, 5.41) is 0. The Labute approximate surface area is 386 Å². The predicted molar refractivity (Wildman–Crippen MR) is 269 cm³/mol. The van der Waals surface area contributed by atoms with Crippen LogP contribution in [0.3, 0.4) is 0 Å². The summed E-state index contributed by atoms with van der Waals surface area (Å²) in [4.78, 5) is 37.9. The molecule has 63 heavy (non-hydrogen) atoms. The fourth-order valence-electron chi connectivity index (χ4n) is 6.34. The van der Waals surface area contributed by atoms with E-state index in [1.165, 1.54) is 57.8 Å². The first-order valence-corrected chi connectivity index (χ1v) is 25.1. The molecule has 0 aromatic rings. The normalized spacial score (nSPS) is 13.1. The highest BCUT2D eigenvalue weighted by Gasteiger charge is 2.19. The maximum atomic E-state index is 12.7. The van der Waals surface area contributed by atoms with E-state index in [9.17, 15) is 14.4 Å². The number of unbranched alkanes of at least 4 members (excludes halogenated alkanes) is 16. The number of esters is 3. The molecule has 0 fully saturated rings. The van der Waals surface area contributed by atoms with Crippen molar-refractivity contribution in [3.05, 3.63) is 122 Å². The van der Waals surface area contributed by atoms with Crippen molar-refractivity contribution in [2.45, 2.75) is 207 Å². The van der Waals surface area contributed by atoms with Gasteiger partial charge >= 0.3 is 17.9 Å². The lowest BCUT2D eigenvalue weighted by atomic mass is 10.1. The van der Waals surface area contributed by atoms with Crippen molar-refractivity contribution in [3.8, 4) is 0 Å². The first-order valence-electron chi connectivity index (χ1n) is 25.1. The molecule has 0 heterocycles. The fraction of sp³-hybridized carbons (Fsp3) is 0.596. The van der Waals surface area contributed by atoms with E-state index < -0.39 is 12.1 Å². The van der Waals surface area contributed by atoms with E-state index in [4.69, 9.17) is 14.2 Å². The summed E-state index contributed by atoms with van der Waals surface area (Å²) in [6.07, 6.45) is 69.0. The molecule has 6 heteroatoms. The van der Waals surface area contributed by atoms with Gasteiger partial charge in [0.25, 0.3) is 0 Å². The zero-order valence-electron chi connectivity index (χ0n) is 40.3. The van der Waals surface area contributed by atoms with Gasteiger partial charge in [-0.15, -0.1) is 0 Å². The molecule has 0 amide bonds. The second-order valence-corrected chi connectivity index (χ2v) is 16.1. The van der Waals surface area contributed by atoms with Crippen LogP contribution in [0.2, 0.25) is 0 Å². The first kappa shape index (κ1) is 58.8. The molecular weight excluding hydrogens is 781 g/mol. The maximum absolute atomic E-state index is 12.7. The molecule has 0 saturated carbocycles. The molecule has 0 saturated heterocycles. The van der Waals surface area contributed by atoms with Crippen LogP contribution in [0.1, 0.15) is 201 Å². The number of carbonyl (C=O) groups excluding carboxylic acids is 3. The van der Waals surface area contributed by atoms with E-state index in [1.54, 1.807) is 0 Å². The molecule has 0 N–H and O–H groups in total. The summed E-state index contributed by atoms with van der Waals surface area (Å²) in [5.74, 6) is -1.04. The third kappa shape index (κ3) is 48.7. The van der Waals surface area contributed by atoms with Gasteiger partial charge in [-0.05, 0) is 70.6 Å². The molecule has 0 aromatic heterocycles. The predicted octanol–water partition coefficient (Wildman–Crippen LogP) is 16.5. The van der Waals surface area contributed by atoms with Crippen molar-refractivity contribution < 1.29 is 28.6 Å². The molecule has 1 atom stereocenters. The molecule has 0 bridgehead atoms. The molecule has 0 aliphatic rings. The zero-order chi connectivity index (χ0) is 45.8. The Kier molecular flexibility index (Phi) is 47.1. The molecule has 0 aliphatic carbocycles. The molecule has 0 aromatic carbocycles. The summed E-state index contributed by atoms with van der Waals surface area (Å²) in [6.45, 7) is 6.32. The van der Waals surface area contributed by atoms with Crippen LogP contribution in [0.4, 0.5) is 0 Å². The van der Waals surface area contributed by atoms with Crippen LogP contribution in [0.5, 0.6) is 0 Å². The minimum absolute atomic E-state index is 0.118. The third-order valence-corrected chi connectivity index (χ3v) is 10.1. The van der Waals surface area contributed by atoms with E-state index in [0.29, 0.717) is 19.3 Å². The van der Waals surface area contributed by atoms with Crippen LogP contribution in [-0.4, -0.2) is 37.2 Å². The van der Waals surface area contributed by atoms with Gasteiger partial charge in [0.05, 0.1) is 0 Å². The average molecular weight is 871 g/mol. The highest BCUT2D eigenvalue weighted by atomic mass is 16.6. The van der Waals surface area contributed by atoms with Crippen molar-refractivity contribution in [2.75, 3.05) is 13.2 Å². The van der Waals surface area contributed by atoms with Crippen LogP contribution in [0.25, 0.3) is 0 Å². The van der Waals surface area contributed by atoms with Gasteiger partial charge in [-0.25, -0.2) is 0 Å². The van der Waals surface area contributed by atoms with E-state index in [0.717, 1.165) is 96.3 Å². The minimum atomic E-state index is -0.829. The summed E-state index contributed by atoms with van der Waals surface area (Å²) in [6, 6.07) is 0. The molecule has 0 rings (SSSR count). The zero-order valence-corrected chi connectivity index (χ0v) is 40.3. The standard InChI is InChI=1S/C57H90O6/c1-4-7-10-13-16-19-22-24-26-28-29-31-32-35-38-41-44-47-50-56(59)62-53-54(52-61-55(58)49-46-43-40-37-34-21-18-15-12-9-6-3)63-57(60)51-48-45-42-39-36-33-30-27-25-23-20-17-14-11-8-5-2/h8,10-11,13,16-17,19-20,22,24-29,31,33,36,42,45,54H,4-7,9,12,14-15,18,21,23,30,32,34-35,37-41,43-44,46-53H2,1-3H3/b11-8-,13-10-,19-16-,20-17-,24-22-,27-25-,28-26-,31-29-,36-33-,45-42-. The summed E-state index contributed by atoms with van der Waals surface area (Å²) < 4.78 is 16.7. The Morgan fingerprint density at radius 2 is 0.746 bits per heavy atom. The quantitative estimate of drug-likeness (QED) is 0.0200.